The molecular weight excluding hydrogens is 333 g/mol. The predicted molar refractivity (Wildman–Crippen MR) is 91.8 cm³/mol. The number of aromatic nitrogens is 3. The molecule has 3 aromatic rings. The molecule has 126 valence electrons. The molecule has 3 rings (SSSR count). The van der Waals surface area contributed by atoms with Crippen LogP contribution in [-0.2, 0) is 0 Å². The van der Waals surface area contributed by atoms with Crippen molar-refractivity contribution < 1.29 is 9.50 Å². The summed E-state index contributed by atoms with van der Waals surface area (Å²) < 4.78 is 14.8. The zero-order valence-corrected chi connectivity index (χ0v) is 13.8. The summed E-state index contributed by atoms with van der Waals surface area (Å²) in [6.07, 6.45) is 2.58. The van der Waals surface area contributed by atoms with Crippen LogP contribution in [-0.4, -0.2) is 26.2 Å². The zero-order valence-electron chi connectivity index (χ0n) is 13.1. The first-order valence-electron chi connectivity index (χ1n) is 7.72. The largest absolute Gasteiger partial charge is 0.396 e. The van der Waals surface area contributed by atoms with Gasteiger partial charge >= 0.3 is 5.69 Å². The molecule has 0 unspecified atom stereocenters. The summed E-state index contributed by atoms with van der Waals surface area (Å²) in [6, 6.07) is 5.74. The number of benzene rings is 1. The summed E-state index contributed by atoms with van der Waals surface area (Å²) >= 11 is 6.35. The summed E-state index contributed by atoms with van der Waals surface area (Å²) in [5, 5.41) is 9.67. The Balaban J connectivity index is 2.34. The Hall–Kier alpha value is -2.18. The number of aromatic amines is 1. The van der Waals surface area contributed by atoms with E-state index >= 15 is 0 Å². The molecule has 2 N–H and O–H groups in total. The van der Waals surface area contributed by atoms with Crippen molar-refractivity contribution >= 4 is 22.8 Å². The Bertz CT molecular complexity index is 918. The van der Waals surface area contributed by atoms with Gasteiger partial charge in [-0.25, -0.2) is 14.2 Å². The molecule has 1 aromatic carbocycles. The fraction of sp³-hybridized carbons (Fsp3) is 0.294. The maximum absolute atomic E-state index is 13.2. The number of halogens is 2. The van der Waals surface area contributed by atoms with E-state index in [1.807, 2.05) is 6.92 Å². The van der Waals surface area contributed by atoms with Gasteiger partial charge in [-0.1, -0.05) is 30.7 Å². The summed E-state index contributed by atoms with van der Waals surface area (Å²) in [7, 11) is 0. The van der Waals surface area contributed by atoms with Crippen LogP contribution in [0.5, 0.6) is 0 Å². The summed E-state index contributed by atoms with van der Waals surface area (Å²) in [6.45, 7) is 1.92. The van der Waals surface area contributed by atoms with Gasteiger partial charge in [0.1, 0.15) is 5.82 Å². The topological polar surface area (TPSA) is 70.9 Å². The van der Waals surface area contributed by atoms with Crippen LogP contribution < -0.4 is 5.69 Å². The SMILES string of the molecule is CC[C@@H](CCO)n1c(=O)[nH]c2ncc(Cl)c(-c3ccc(F)cc3)c21. The molecule has 0 bridgehead atoms. The number of nitrogens with one attached hydrogen (secondary N) is 1. The minimum Gasteiger partial charge on any atom is -0.396 e. The monoisotopic (exact) mass is 349 g/mol. The quantitative estimate of drug-likeness (QED) is 0.740. The number of hydrogen-bond donors (Lipinski definition) is 2. The van der Waals surface area contributed by atoms with Crippen molar-refractivity contribution in [2.24, 2.45) is 0 Å². The number of aliphatic hydroxyl groups is 1. The first kappa shape index (κ1) is 16.7. The van der Waals surface area contributed by atoms with Gasteiger partial charge in [0.15, 0.2) is 5.65 Å². The van der Waals surface area contributed by atoms with Gasteiger partial charge in [0.25, 0.3) is 0 Å². The number of pyridine rings is 1. The van der Waals surface area contributed by atoms with Crippen molar-refractivity contribution in [3.8, 4) is 11.1 Å². The second-order valence-corrected chi connectivity index (χ2v) is 5.97. The molecule has 24 heavy (non-hydrogen) atoms. The molecule has 2 heterocycles. The zero-order chi connectivity index (χ0) is 17.3. The lowest BCUT2D eigenvalue weighted by Crippen LogP contribution is -2.23. The molecule has 7 heteroatoms. The van der Waals surface area contributed by atoms with Crippen LogP contribution in [0.25, 0.3) is 22.3 Å². The van der Waals surface area contributed by atoms with E-state index in [2.05, 4.69) is 9.97 Å². The maximum atomic E-state index is 13.2. The van der Waals surface area contributed by atoms with Gasteiger partial charge in [-0.2, -0.15) is 0 Å². The van der Waals surface area contributed by atoms with E-state index in [-0.39, 0.29) is 24.2 Å². The second kappa shape index (κ2) is 6.75. The predicted octanol–water partition coefficient (Wildman–Crippen LogP) is 3.52. The third kappa shape index (κ3) is 2.83. The average Bonchev–Trinajstić information content (AvgIpc) is 2.90. The van der Waals surface area contributed by atoms with Gasteiger partial charge in [-0.05, 0) is 30.5 Å². The molecule has 0 saturated heterocycles. The number of hydrogen-bond acceptors (Lipinski definition) is 3. The minimum atomic E-state index is -0.349. The Morgan fingerprint density at radius 1 is 1.38 bits per heavy atom. The number of H-pyrrole nitrogens is 1. The highest BCUT2D eigenvalue weighted by atomic mass is 35.5. The number of imidazole rings is 1. The fourth-order valence-corrected chi connectivity index (χ4v) is 3.22. The molecule has 0 amide bonds. The molecule has 0 aliphatic rings. The molecular formula is C17H17ClFN3O2. The van der Waals surface area contributed by atoms with E-state index in [9.17, 15) is 14.3 Å². The minimum absolute atomic E-state index is 0.0303. The molecule has 0 aliphatic carbocycles. The normalized spacial score (nSPS) is 12.7. The van der Waals surface area contributed by atoms with Crippen molar-refractivity contribution in [2.75, 3.05) is 6.61 Å². The lowest BCUT2D eigenvalue weighted by Gasteiger charge is -2.17. The van der Waals surface area contributed by atoms with Crippen molar-refractivity contribution in [1.29, 1.82) is 0 Å². The van der Waals surface area contributed by atoms with E-state index in [1.54, 1.807) is 16.7 Å². The summed E-state index contributed by atoms with van der Waals surface area (Å²) in [4.78, 5) is 19.4. The highest BCUT2D eigenvalue weighted by Gasteiger charge is 2.21. The van der Waals surface area contributed by atoms with Gasteiger partial charge < -0.3 is 5.11 Å². The number of rotatable bonds is 5. The maximum Gasteiger partial charge on any atom is 0.327 e. The number of aliphatic hydroxyl groups excluding tert-OH is 1. The van der Waals surface area contributed by atoms with E-state index in [0.717, 1.165) is 0 Å². The first-order valence-corrected chi connectivity index (χ1v) is 8.10. The first-order chi connectivity index (χ1) is 11.6. The van der Waals surface area contributed by atoms with E-state index in [1.165, 1.54) is 18.3 Å². The molecule has 0 aliphatic heterocycles. The second-order valence-electron chi connectivity index (χ2n) is 5.56. The third-order valence-electron chi connectivity index (χ3n) is 4.12. The Kier molecular flexibility index (Phi) is 4.69. The summed E-state index contributed by atoms with van der Waals surface area (Å²) in [5.74, 6) is -0.349. The molecule has 2 aromatic heterocycles. The standard InChI is InChI=1S/C17H17ClFN3O2/c1-2-12(7-8-23)22-15-14(10-3-5-11(19)6-4-10)13(18)9-20-16(15)21-17(22)24/h3-6,9,12,23H,2,7-8H2,1H3,(H,20,21,24)/t12-/m0/s1. The number of fused-ring (bicyclic) bond motifs is 1. The molecule has 0 fully saturated rings. The highest BCUT2D eigenvalue weighted by Crippen LogP contribution is 2.35. The molecule has 0 saturated carbocycles. The van der Waals surface area contributed by atoms with Gasteiger partial charge in [0.2, 0.25) is 0 Å². The van der Waals surface area contributed by atoms with Gasteiger partial charge in [0.05, 0.1) is 10.5 Å². The van der Waals surface area contributed by atoms with Crippen molar-refractivity contribution in [3.63, 3.8) is 0 Å². The fourth-order valence-electron chi connectivity index (χ4n) is 2.97. The van der Waals surface area contributed by atoms with E-state index < -0.39 is 0 Å². The molecule has 1 atom stereocenters. The van der Waals surface area contributed by atoms with Gasteiger partial charge in [-0.3, -0.25) is 9.55 Å². The van der Waals surface area contributed by atoms with Crippen molar-refractivity contribution in [1.82, 2.24) is 14.5 Å². The van der Waals surface area contributed by atoms with Crippen LogP contribution >= 0.6 is 11.6 Å². The van der Waals surface area contributed by atoms with Gasteiger partial charge in [0, 0.05) is 24.4 Å². The van der Waals surface area contributed by atoms with Crippen LogP contribution in [0, 0.1) is 5.82 Å². The molecule has 0 spiro atoms. The van der Waals surface area contributed by atoms with Crippen molar-refractivity contribution in [2.45, 2.75) is 25.8 Å². The van der Waals surface area contributed by atoms with Crippen LogP contribution in [0.2, 0.25) is 5.02 Å². The molecule has 5 nitrogen and oxygen atoms in total. The van der Waals surface area contributed by atoms with Gasteiger partial charge in [-0.15, -0.1) is 0 Å². The third-order valence-corrected chi connectivity index (χ3v) is 4.41. The van der Waals surface area contributed by atoms with Crippen LogP contribution in [0.15, 0.2) is 35.3 Å². The van der Waals surface area contributed by atoms with Crippen molar-refractivity contribution in [3.05, 3.63) is 51.8 Å². The lowest BCUT2D eigenvalue weighted by atomic mass is 10.0. The Morgan fingerprint density at radius 2 is 2.08 bits per heavy atom. The Morgan fingerprint density at radius 3 is 2.71 bits per heavy atom. The Labute approximate surface area is 142 Å². The number of nitrogens with zero attached hydrogens (tertiary/aromatic N) is 2. The van der Waals surface area contributed by atoms with E-state index in [4.69, 9.17) is 11.6 Å². The average molecular weight is 350 g/mol. The highest BCUT2D eigenvalue weighted by molar-refractivity contribution is 6.34. The molecule has 0 radical (unpaired) electrons. The van der Waals surface area contributed by atoms with Crippen LogP contribution in [0.4, 0.5) is 4.39 Å². The van der Waals surface area contributed by atoms with Crippen LogP contribution in [0.1, 0.15) is 25.8 Å². The summed E-state index contributed by atoms with van der Waals surface area (Å²) in [5.41, 5.74) is 2.00. The van der Waals surface area contributed by atoms with E-state index in [0.29, 0.717) is 40.2 Å². The van der Waals surface area contributed by atoms with Crippen LogP contribution in [0.3, 0.4) is 0 Å². The lowest BCUT2D eigenvalue weighted by molar-refractivity contribution is 0.255. The smallest absolute Gasteiger partial charge is 0.327 e.